The van der Waals surface area contributed by atoms with Crippen molar-refractivity contribution >= 4 is 33.6 Å². The second-order valence-electron chi connectivity index (χ2n) is 7.48. The van der Waals surface area contributed by atoms with Crippen molar-refractivity contribution in [2.24, 2.45) is 0 Å². The number of ether oxygens (including phenoxy) is 2. The number of amides is 3. The summed E-state index contributed by atoms with van der Waals surface area (Å²) < 4.78 is 37.3. The molecule has 1 saturated carbocycles. The van der Waals surface area contributed by atoms with E-state index in [1.165, 1.54) is 45.3 Å². The summed E-state index contributed by atoms with van der Waals surface area (Å²) in [6.45, 7) is 1.32. The van der Waals surface area contributed by atoms with Crippen LogP contribution < -0.4 is 19.7 Å². The van der Waals surface area contributed by atoms with Crippen molar-refractivity contribution in [2.45, 2.75) is 36.8 Å². The number of hydrogen-bond acceptors (Lipinski definition) is 7. The van der Waals surface area contributed by atoms with Gasteiger partial charge in [-0.2, -0.15) is 0 Å². The van der Waals surface area contributed by atoms with Gasteiger partial charge in [0, 0.05) is 13.1 Å². The molecular formula is C22H25N3O7S. The Labute approximate surface area is 191 Å². The molecule has 2 aromatic rings. The minimum Gasteiger partial charge on any atom is -0.497 e. The molecule has 0 saturated heterocycles. The highest BCUT2D eigenvalue weighted by atomic mass is 32.2. The Morgan fingerprint density at radius 1 is 1.09 bits per heavy atom. The van der Waals surface area contributed by atoms with Crippen LogP contribution in [0.5, 0.6) is 5.75 Å². The van der Waals surface area contributed by atoms with Gasteiger partial charge in [-0.1, -0.05) is 6.07 Å². The largest absolute Gasteiger partial charge is 0.497 e. The Bertz CT molecular complexity index is 1140. The van der Waals surface area contributed by atoms with E-state index in [1.54, 1.807) is 24.3 Å². The Morgan fingerprint density at radius 3 is 2.36 bits per heavy atom. The molecule has 2 N–H and O–H groups in total. The van der Waals surface area contributed by atoms with E-state index in [0.717, 1.165) is 17.1 Å². The number of methoxy groups -OCH3 is 1. The van der Waals surface area contributed by atoms with Gasteiger partial charge in [0.05, 0.1) is 23.3 Å². The lowest BCUT2D eigenvalue weighted by Gasteiger charge is -2.20. The highest BCUT2D eigenvalue weighted by Gasteiger charge is 2.27. The van der Waals surface area contributed by atoms with Crippen molar-refractivity contribution in [3.8, 4) is 5.75 Å². The molecule has 2 aromatic carbocycles. The lowest BCUT2D eigenvalue weighted by Crippen LogP contribution is -2.45. The van der Waals surface area contributed by atoms with E-state index < -0.39 is 34.0 Å². The fraction of sp³-hybridized carbons (Fsp3) is 0.318. The van der Waals surface area contributed by atoms with Crippen LogP contribution >= 0.6 is 0 Å². The number of benzene rings is 2. The predicted octanol–water partition coefficient (Wildman–Crippen LogP) is 2.05. The lowest BCUT2D eigenvalue weighted by atomic mass is 10.2. The molecule has 1 fully saturated rings. The molecule has 3 rings (SSSR count). The zero-order valence-electron chi connectivity index (χ0n) is 18.4. The normalized spacial score (nSPS) is 14.0. The average molecular weight is 476 g/mol. The first-order valence-corrected chi connectivity index (χ1v) is 11.6. The number of nitrogens with zero attached hydrogens (tertiary/aromatic N) is 1. The molecule has 1 aliphatic rings. The molecule has 0 bridgehead atoms. The van der Waals surface area contributed by atoms with Gasteiger partial charge >= 0.3 is 12.0 Å². The van der Waals surface area contributed by atoms with Crippen molar-refractivity contribution < 1.29 is 32.3 Å². The van der Waals surface area contributed by atoms with Gasteiger partial charge in [-0.15, -0.1) is 0 Å². The van der Waals surface area contributed by atoms with Crippen molar-refractivity contribution in [1.82, 2.24) is 10.6 Å². The van der Waals surface area contributed by atoms with Crippen LogP contribution in [0.1, 0.15) is 30.1 Å². The number of rotatable bonds is 8. The maximum Gasteiger partial charge on any atom is 0.338 e. The predicted molar refractivity (Wildman–Crippen MR) is 120 cm³/mol. The van der Waals surface area contributed by atoms with Crippen LogP contribution in [0.15, 0.2) is 53.4 Å². The molecular weight excluding hydrogens is 450 g/mol. The number of esters is 1. The number of urea groups is 1. The lowest BCUT2D eigenvalue weighted by molar-refractivity contribution is -0.127. The SMILES string of the molecule is COc1ccc(N(C)S(=O)(=O)c2cccc(C(=O)OC(C)C(=O)NC(=O)NC3CC3)c2)cc1. The summed E-state index contributed by atoms with van der Waals surface area (Å²) in [7, 11) is -1.08. The number of hydrogen-bond donors (Lipinski definition) is 2. The minimum absolute atomic E-state index is 0.0544. The van der Waals surface area contributed by atoms with Gasteiger partial charge in [0.15, 0.2) is 6.10 Å². The highest BCUT2D eigenvalue weighted by molar-refractivity contribution is 7.92. The van der Waals surface area contributed by atoms with Crippen LogP contribution in [0.25, 0.3) is 0 Å². The molecule has 0 spiro atoms. The summed E-state index contributed by atoms with van der Waals surface area (Å²) >= 11 is 0. The van der Waals surface area contributed by atoms with Crippen LogP contribution in [0.2, 0.25) is 0 Å². The second kappa shape index (κ2) is 9.90. The molecule has 0 aromatic heterocycles. The Morgan fingerprint density at radius 2 is 1.76 bits per heavy atom. The van der Waals surface area contributed by atoms with Crippen LogP contribution in [0.3, 0.4) is 0 Å². The fourth-order valence-corrected chi connectivity index (χ4v) is 4.06. The van der Waals surface area contributed by atoms with E-state index in [4.69, 9.17) is 9.47 Å². The van der Waals surface area contributed by atoms with Crippen LogP contribution in [0.4, 0.5) is 10.5 Å². The third-order valence-electron chi connectivity index (χ3n) is 4.97. The van der Waals surface area contributed by atoms with Crippen molar-refractivity contribution in [3.05, 3.63) is 54.1 Å². The summed E-state index contributed by atoms with van der Waals surface area (Å²) in [5.41, 5.74) is 0.347. The highest BCUT2D eigenvalue weighted by Crippen LogP contribution is 2.25. The summed E-state index contributed by atoms with van der Waals surface area (Å²) in [6.07, 6.45) is 0.461. The number of imide groups is 1. The maximum atomic E-state index is 13.0. The van der Waals surface area contributed by atoms with Crippen molar-refractivity contribution in [3.63, 3.8) is 0 Å². The zero-order valence-corrected chi connectivity index (χ0v) is 19.2. The number of sulfonamides is 1. The fourth-order valence-electron chi connectivity index (χ4n) is 2.82. The summed E-state index contributed by atoms with van der Waals surface area (Å²) in [6, 6.07) is 11.2. The molecule has 1 unspecified atom stereocenters. The molecule has 0 heterocycles. The Hall–Kier alpha value is -3.60. The molecule has 176 valence electrons. The monoisotopic (exact) mass is 475 g/mol. The molecule has 1 atom stereocenters. The van der Waals surface area contributed by atoms with E-state index in [9.17, 15) is 22.8 Å². The van der Waals surface area contributed by atoms with E-state index >= 15 is 0 Å². The molecule has 33 heavy (non-hydrogen) atoms. The Balaban J connectivity index is 1.68. The van der Waals surface area contributed by atoms with Gasteiger partial charge in [0.2, 0.25) is 0 Å². The smallest absolute Gasteiger partial charge is 0.338 e. The first kappa shape index (κ1) is 24.1. The average Bonchev–Trinajstić information content (AvgIpc) is 3.62. The molecule has 1 aliphatic carbocycles. The Kier molecular flexibility index (Phi) is 7.22. The van der Waals surface area contributed by atoms with Crippen LogP contribution in [-0.2, 0) is 19.6 Å². The number of carbonyl (C=O) groups excluding carboxylic acids is 3. The molecule has 3 amide bonds. The first-order valence-electron chi connectivity index (χ1n) is 10.2. The molecule has 0 radical (unpaired) electrons. The number of anilines is 1. The minimum atomic E-state index is -3.98. The molecule has 11 heteroatoms. The standard InChI is InChI=1S/C22H25N3O7S/c1-14(20(26)24-22(28)23-16-7-8-16)32-21(27)15-5-4-6-19(13-15)33(29,30)25(2)17-9-11-18(31-3)12-10-17/h4-6,9-14,16H,7-8H2,1-3H3,(H2,23,24,26,28). The zero-order chi connectivity index (χ0) is 24.2. The van der Waals surface area contributed by atoms with Crippen molar-refractivity contribution in [1.29, 1.82) is 0 Å². The third-order valence-corrected chi connectivity index (χ3v) is 6.75. The summed E-state index contributed by atoms with van der Waals surface area (Å²) in [5.74, 6) is -1.11. The maximum absolute atomic E-state index is 13.0. The molecule has 0 aliphatic heterocycles. The van der Waals surface area contributed by atoms with Gasteiger partial charge in [0.25, 0.3) is 15.9 Å². The van der Waals surface area contributed by atoms with Crippen LogP contribution in [-0.4, -0.2) is 52.6 Å². The van der Waals surface area contributed by atoms with Gasteiger partial charge < -0.3 is 14.8 Å². The third kappa shape index (κ3) is 6.01. The van der Waals surface area contributed by atoms with Gasteiger partial charge in [-0.25, -0.2) is 18.0 Å². The number of nitrogens with one attached hydrogen (secondary N) is 2. The molecule has 10 nitrogen and oxygen atoms in total. The van der Waals surface area contributed by atoms with Gasteiger partial charge in [0.1, 0.15) is 5.75 Å². The quantitative estimate of drug-likeness (QED) is 0.559. The second-order valence-corrected chi connectivity index (χ2v) is 9.45. The number of carbonyl (C=O) groups is 3. The summed E-state index contributed by atoms with van der Waals surface area (Å²) in [5, 5.41) is 4.70. The van der Waals surface area contributed by atoms with Gasteiger partial charge in [-0.05, 0) is 62.2 Å². The van der Waals surface area contributed by atoms with E-state index in [2.05, 4.69) is 10.6 Å². The van der Waals surface area contributed by atoms with Crippen LogP contribution in [0, 0.1) is 0 Å². The van der Waals surface area contributed by atoms with Gasteiger partial charge in [-0.3, -0.25) is 14.4 Å². The summed E-state index contributed by atoms with van der Waals surface area (Å²) in [4.78, 5) is 36.1. The van der Waals surface area contributed by atoms with E-state index in [0.29, 0.717) is 11.4 Å². The first-order chi connectivity index (χ1) is 15.6. The van der Waals surface area contributed by atoms with Crippen molar-refractivity contribution in [2.75, 3.05) is 18.5 Å². The topological polar surface area (TPSA) is 131 Å². The van der Waals surface area contributed by atoms with E-state index in [1.807, 2.05) is 0 Å². The van der Waals surface area contributed by atoms with E-state index in [-0.39, 0.29) is 16.5 Å².